The van der Waals surface area contributed by atoms with Gasteiger partial charge >= 0.3 is 6.09 Å². The zero-order valence-corrected chi connectivity index (χ0v) is 11.5. The zero-order chi connectivity index (χ0) is 13.3. The van der Waals surface area contributed by atoms with Gasteiger partial charge in [-0.25, -0.2) is 4.79 Å². The molecule has 0 unspecified atom stereocenters. The van der Waals surface area contributed by atoms with Crippen LogP contribution in [0.3, 0.4) is 0 Å². The summed E-state index contributed by atoms with van der Waals surface area (Å²) in [5.41, 5.74) is 2.43. The van der Waals surface area contributed by atoms with Crippen molar-refractivity contribution in [2.75, 3.05) is 7.11 Å². The minimum atomic E-state index is -0.254. The van der Waals surface area contributed by atoms with Crippen molar-refractivity contribution >= 4 is 6.09 Å². The Kier molecular flexibility index (Phi) is 7.85. The van der Waals surface area contributed by atoms with Gasteiger partial charge in [-0.3, -0.25) is 4.90 Å². The first kappa shape index (κ1) is 15.5. The Hall–Kier alpha value is -1.51. The Labute approximate surface area is 104 Å². The highest BCUT2D eigenvalue weighted by atomic mass is 16.5. The number of methoxy groups -OCH3 is 1. The molecule has 0 aliphatic carbocycles. The molecular weight excluding hydrogens is 214 g/mol. The molecule has 0 radical (unpaired) electrons. The number of ether oxygens (including phenoxy) is 1. The van der Waals surface area contributed by atoms with Crippen LogP contribution in [0.15, 0.2) is 24.3 Å². The van der Waals surface area contributed by atoms with Crippen molar-refractivity contribution in [3.8, 4) is 0 Å². The third-order valence-electron chi connectivity index (χ3n) is 2.27. The summed E-state index contributed by atoms with van der Waals surface area (Å²) < 4.78 is 4.65. The van der Waals surface area contributed by atoms with Crippen molar-refractivity contribution in [2.45, 2.75) is 40.8 Å². The molecule has 1 heterocycles. The molecular formula is C14H23NO2. The molecule has 0 saturated carbocycles. The molecule has 0 N–H and O–H groups in total. The van der Waals surface area contributed by atoms with Crippen molar-refractivity contribution in [1.82, 2.24) is 4.90 Å². The Morgan fingerprint density at radius 2 is 1.47 bits per heavy atom. The first-order chi connectivity index (χ1) is 8.31. The molecule has 1 aliphatic rings. The third kappa shape index (κ3) is 4.10. The van der Waals surface area contributed by atoms with Crippen LogP contribution in [0.1, 0.15) is 38.8 Å². The first-order valence-electron chi connectivity index (χ1n) is 6.21. The quantitative estimate of drug-likeness (QED) is 0.686. The minimum absolute atomic E-state index is 0.254. The lowest BCUT2D eigenvalue weighted by Crippen LogP contribution is -2.24. The summed E-state index contributed by atoms with van der Waals surface area (Å²) in [5, 5.41) is 0. The normalized spacial score (nSPS) is 11.5. The molecule has 0 atom stereocenters. The van der Waals surface area contributed by atoms with E-state index < -0.39 is 0 Å². The van der Waals surface area contributed by atoms with Gasteiger partial charge in [0.1, 0.15) is 0 Å². The van der Waals surface area contributed by atoms with E-state index in [0.717, 1.165) is 0 Å². The van der Waals surface area contributed by atoms with Crippen LogP contribution in [0.5, 0.6) is 0 Å². The SMILES string of the molecule is CC.CC.COC(=O)N1Cc2ccccc2C1. The van der Waals surface area contributed by atoms with Crippen LogP contribution < -0.4 is 0 Å². The summed E-state index contributed by atoms with van der Waals surface area (Å²) in [7, 11) is 1.41. The maximum atomic E-state index is 11.2. The second-order valence-corrected chi connectivity index (χ2v) is 3.09. The number of nitrogens with zero attached hydrogens (tertiary/aromatic N) is 1. The molecule has 0 spiro atoms. The maximum Gasteiger partial charge on any atom is 0.410 e. The van der Waals surface area contributed by atoms with E-state index in [9.17, 15) is 4.79 Å². The van der Waals surface area contributed by atoms with Crippen molar-refractivity contribution in [3.63, 3.8) is 0 Å². The number of rotatable bonds is 0. The lowest BCUT2D eigenvalue weighted by atomic mass is 10.1. The van der Waals surface area contributed by atoms with Gasteiger partial charge in [0.25, 0.3) is 0 Å². The van der Waals surface area contributed by atoms with Crippen LogP contribution in [-0.4, -0.2) is 18.1 Å². The van der Waals surface area contributed by atoms with Gasteiger partial charge in [-0.2, -0.15) is 0 Å². The zero-order valence-electron chi connectivity index (χ0n) is 11.5. The number of hydrogen-bond acceptors (Lipinski definition) is 2. The van der Waals surface area contributed by atoms with Crippen LogP contribution in [-0.2, 0) is 17.8 Å². The van der Waals surface area contributed by atoms with E-state index in [1.807, 2.05) is 52.0 Å². The highest BCUT2D eigenvalue weighted by Gasteiger charge is 2.22. The molecule has 0 saturated heterocycles. The molecule has 0 aromatic heterocycles. The van der Waals surface area contributed by atoms with E-state index >= 15 is 0 Å². The van der Waals surface area contributed by atoms with Crippen LogP contribution in [0, 0.1) is 0 Å². The minimum Gasteiger partial charge on any atom is -0.453 e. The third-order valence-corrected chi connectivity index (χ3v) is 2.27. The summed E-state index contributed by atoms with van der Waals surface area (Å²) in [6.45, 7) is 9.34. The Bertz CT molecular complexity index is 312. The monoisotopic (exact) mass is 237 g/mol. The summed E-state index contributed by atoms with van der Waals surface area (Å²) in [6.07, 6.45) is -0.254. The lowest BCUT2D eigenvalue weighted by molar-refractivity contribution is 0.123. The Morgan fingerprint density at radius 1 is 1.06 bits per heavy atom. The fraction of sp³-hybridized carbons (Fsp3) is 0.500. The predicted octanol–water partition coefficient (Wildman–Crippen LogP) is 3.82. The van der Waals surface area contributed by atoms with Gasteiger partial charge in [-0.05, 0) is 11.1 Å². The Balaban J connectivity index is 0.000000581. The van der Waals surface area contributed by atoms with Gasteiger partial charge in [0, 0.05) is 13.1 Å². The number of carbonyl (C=O) groups excluding carboxylic acids is 1. The number of fused-ring (bicyclic) bond motifs is 1. The van der Waals surface area contributed by atoms with E-state index in [0.29, 0.717) is 13.1 Å². The Morgan fingerprint density at radius 3 is 1.82 bits per heavy atom. The molecule has 1 aromatic carbocycles. The first-order valence-corrected chi connectivity index (χ1v) is 6.21. The van der Waals surface area contributed by atoms with E-state index in [-0.39, 0.29) is 6.09 Å². The molecule has 3 nitrogen and oxygen atoms in total. The smallest absolute Gasteiger partial charge is 0.410 e. The van der Waals surface area contributed by atoms with Crippen LogP contribution in [0.2, 0.25) is 0 Å². The molecule has 2 rings (SSSR count). The molecule has 0 fully saturated rings. The molecule has 1 aromatic rings. The van der Waals surface area contributed by atoms with Crippen molar-refractivity contribution < 1.29 is 9.53 Å². The van der Waals surface area contributed by atoms with E-state index in [1.54, 1.807) is 4.90 Å². The average Bonchev–Trinajstić information content (AvgIpc) is 2.86. The second kappa shape index (κ2) is 8.62. The summed E-state index contributed by atoms with van der Waals surface area (Å²) in [6, 6.07) is 8.05. The fourth-order valence-electron chi connectivity index (χ4n) is 1.59. The maximum absolute atomic E-state index is 11.2. The van der Waals surface area contributed by atoms with E-state index in [4.69, 9.17) is 0 Å². The van der Waals surface area contributed by atoms with E-state index in [2.05, 4.69) is 4.74 Å². The lowest BCUT2D eigenvalue weighted by Gasteiger charge is -2.12. The number of hydrogen-bond donors (Lipinski definition) is 0. The predicted molar refractivity (Wildman–Crippen MR) is 70.8 cm³/mol. The molecule has 1 aliphatic heterocycles. The van der Waals surface area contributed by atoms with Crippen molar-refractivity contribution in [2.24, 2.45) is 0 Å². The van der Waals surface area contributed by atoms with Gasteiger partial charge in [0.2, 0.25) is 0 Å². The standard InChI is InChI=1S/C10H11NO2.2C2H6/c1-13-10(12)11-6-8-4-2-3-5-9(8)7-11;2*1-2/h2-5H,6-7H2,1H3;2*1-2H3. The van der Waals surface area contributed by atoms with Gasteiger partial charge in [0.15, 0.2) is 0 Å². The highest BCUT2D eigenvalue weighted by Crippen LogP contribution is 2.22. The molecule has 96 valence electrons. The van der Waals surface area contributed by atoms with Gasteiger partial charge in [-0.1, -0.05) is 52.0 Å². The van der Waals surface area contributed by atoms with Gasteiger partial charge < -0.3 is 4.74 Å². The van der Waals surface area contributed by atoms with Crippen LogP contribution in [0.25, 0.3) is 0 Å². The summed E-state index contributed by atoms with van der Waals surface area (Å²) in [4.78, 5) is 12.9. The molecule has 1 amide bonds. The molecule has 17 heavy (non-hydrogen) atoms. The number of amides is 1. The molecule has 3 heteroatoms. The number of benzene rings is 1. The van der Waals surface area contributed by atoms with Crippen LogP contribution in [0.4, 0.5) is 4.79 Å². The fourth-order valence-corrected chi connectivity index (χ4v) is 1.59. The average molecular weight is 237 g/mol. The van der Waals surface area contributed by atoms with Crippen molar-refractivity contribution in [3.05, 3.63) is 35.4 Å². The van der Waals surface area contributed by atoms with Gasteiger partial charge in [0.05, 0.1) is 7.11 Å². The molecule has 0 bridgehead atoms. The highest BCUT2D eigenvalue weighted by molar-refractivity contribution is 5.68. The van der Waals surface area contributed by atoms with Gasteiger partial charge in [-0.15, -0.1) is 0 Å². The topological polar surface area (TPSA) is 29.5 Å². The second-order valence-electron chi connectivity index (χ2n) is 3.09. The largest absolute Gasteiger partial charge is 0.453 e. The summed E-state index contributed by atoms with van der Waals surface area (Å²) in [5.74, 6) is 0. The van der Waals surface area contributed by atoms with Crippen molar-refractivity contribution in [1.29, 1.82) is 0 Å². The van der Waals surface area contributed by atoms with Crippen LogP contribution >= 0.6 is 0 Å². The number of carbonyl (C=O) groups is 1. The summed E-state index contributed by atoms with van der Waals surface area (Å²) >= 11 is 0. The van der Waals surface area contributed by atoms with E-state index in [1.165, 1.54) is 18.2 Å².